The van der Waals surface area contributed by atoms with Gasteiger partial charge in [0.15, 0.2) is 0 Å². The summed E-state index contributed by atoms with van der Waals surface area (Å²) in [5.74, 6) is 0. The van der Waals surface area contributed by atoms with Crippen LogP contribution in [0.25, 0.3) is 0 Å². The maximum Gasteiger partial charge on any atom is 0.252 e. The van der Waals surface area contributed by atoms with Gasteiger partial charge in [-0.15, -0.1) is 11.3 Å². The van der Waals surface area contributed by atoms with E-state index in [1.54, 1.807) is 12.1 Å². The molecule has 96 valence electrons. The number of rotatable bonds is 2. The largest absolute Gasteiger partial charge is 0.377 e. The van der Waals surface area contributed by atoms with Crippen molar-refractivity contribution in [2.45, 2.75) is 23.7 Å². The van der Waals surface area contributed by atoms with Crippen molar-refractivity contribution in [2.24, 2.45) is 0 Å². The van der Waals surface area contributed by atoms with Gasteiger partial charge >= 0.3 is 0 Å². The SMILES string of the molecule is CC1CN(S(=O)(=O)c2ccc(Br)s2)CCCO1. The Morgan fingerprint density at radius 1 is 1.53 bits per heavy atom. The average Bonchev–Trinajstić information content (AvgIpc) is 2.57. The van der Waals surface area contributed by atoms with Gasteiger partial charge in [0, 0.05) is 19.7 Å². The molecule has 0 N–H and O–H groups in total. The van der Waals surface area contributed by atoms with Gasteiger partial charge in [0.25, 0.3) is 10.0 Å². The van der Waals surface area contributed by atoms with Crippen LogP contribution in [0.4, 0.5) is 0 Å². The Morgan fingerprint density at radius 2 is 2.29 bits per heavy atom. The van der Waals surface area contributed by atoms with Gasteiger partial charge in [-0.1, -0.05) is 0 Å². The number of nitrogens with zero attached hydrogens (tertiary/aromatic N) is 1. The van der Waals surface area contributed by atoms with Gasteiger partial charge in [-0.05, 0) is 41.4 Å². The summed E-state index contributed by atoms with van der Waals surface area (Å²) < 4.78 is 32.9. The van der Waals surface area contributed by atoms with Gasteiger partial charge in [-0.25, -0.2) is 8.42 Å². The zero-order valence-corrected chi connectivity index (χ0v) is 12.6. The molecule has 4 nitrogen and oxygen atoms in total. The Balaban J connectivity index is 2.25. The Morgan fingerprint density at radius 3 is 2.94 bits per heavy atom. The second-order valence-corrected chi connectivity index (χ2v) is 8.58. The van der Waals surface area contributed by atoms with E-state index in [9.17, 15) is 8.42 Å². The third-order valence-electron chi connectivity index (χ3n) is 2.56. The number of ether oxygens (including phenoxy) is 1. The van der Waals surface area contributed by atoms with Crippen LogP contribution in [-0.4, -0.2) is 38.5 Å². The summed E-state index contributed by atoms with van der Waals surface area (Å²) in [6.07, 6.45) is 0.700. The Kier molecular flexibility index (Phi) is 4.25. The highest BCUT2D eigenvalue weighted by atomic mass is 79.9. The molecule has 1 unspecified atom stereocenters. The molecule has 2 rings (SSSR count). The third-order valence-corrected chi connectivity index (χ3v) is 6.51. The standard InChI is InChI=1S/C10H14BrNO3S2/c1-8-7-12(5-2-6-15-8)17(13,14)10-4-3-9(11)16-10/h3-4,8H,2,5-7H2,1H3. The Bertz CT molecular complexity index is 485. The highest BCUT2D eigenvalue weighted by Crippen LogP contribution is 2.29. The summed E-state index contributed by atoms with van der Waals surface area (Å²) in [5, 5.41) is 0. The molecule has 0 aliphatic carbocycles. The van der Waals surface area contributed by atoms with Crippen molar-refractivity contribution in [1.29, 1.82) is 0 Å². The van der Waals surface area contributed by atoms with E-state index >= 15 is 0 Å². The fourth-order valence-corrected chi connectivity index (χ4v) is 5.46. The summed E-state index contributed by atoms with van der Waals surface area (Å²) in [7, 11) is -3.36. The number of halogens is 1. The van der Waals surface area contributed by atoms with Gasteiger partial charge in [0.2, 0.25) is 0 Å². The first-order valence-corrected chi connectivity index (χ1v) is 8.42. The molecule has 0 amide bonds. The minimum atomic E-state index is -3.36. The second kappa shape index (κ2) is 5.36. The van der Waals surface area contributed by atoms with Crippen molar-refractivity contribution in [2.75, 3.05) is 19.7 Å². The van der Waals surface area contributed by atoms with E-state index in [4.69, 9.17) is 4.74 Å². The lowest BCUT2D eigenvalue weighted by Crippen LogP contribution is -2.35. The van der Waals surface area contributed by atoms with E-state index in [1.807, 2.05) is 6.92 Å². The van der Waals surface area contributed by atoms with Gasteiger partial charge in [-0.2, -0.15) is 4.31 Å². The number of hydrogen-bond acceptors (Lipinski definition) is 4. The lowest BCUT2D eigenvalue weighted by Gasteiger charge is -2.20. The van der Waals surface area contributed by atoms with Crippen molar-refractivity contribution in [1.82, 2.24) is 4.31 Å². The first kappa shape index (κ1) is 13.5. The molecule has 17 heavy (non-hydrogen) atoms. The topological polar surface area (TPSA) is 46.6 Å². The molecule has 0 radical (unpaired) electrons. The van der Waals surface area contributed by atoms with E-state index in [0.717, 1.165) is 10.2 Å². The maximum atomic E-state index is 12.4. The van der Waals surface area contributed by atoms with Crippen molar-refractivity contribution in [3.8, 4) is 0 Å². The van der Waals surface area contributed by atoms with Crippen LogP contribution in [0.2, 0.25) is 0 Å². The van der Waals surface area contributed by atoms with E-state index in [2.05, 4.69) is 15.9 Å². The lowest BCUT2D eigenvalue weighted by atomic mass is 10.4. The molecule has 1 aliphatic heterocycles. The van der Waals surface area contributed by atoms with Crippen LogP contribution < -0.4 is 0 Å². The van der Waals surface area contributed by atoms with Crippen LogP contribution in [0.3, 0.4) is 0 Å². The van der Waals surface area contributed by atoms with Gasteiger partial charge in [-0.3, -0.25) is 0 Å². The van der Waals surface area contributed by atoms with E-state index < -0.39 is 10.0 Å². The second-order valence-electron chi connectivity index (χ2n) is 3.96. The minimum Gasteiger partial charge on any atom is -0.377 e. The molecular formula is C10H14BrNO3S2. The zero-order valence-electron chi connectivity index (χ0n) is 9.43. The van der Waals surface area contributed by atoms with Crippen molar-refractivity contribution in [3.63, 3.8) is 0 Å². The van der Waals surface area contributed by atoms with Crippen LogP contribution in [0.1, 0.15) is 13.3 Å². The van der Waals surface area contributed by atoms with Crippen LogP contribution in [-0.2, 0) is 14.8 Å². The third kappa shape index (κ3) is 3.08. The van der Waals surface area contributed by atoms with Crippen molar-refractivity contribution < 1.29 is 13.2 Å². The molecule has 1 aliphatic rings. The molecule has 7 heteroatoms. The van der Waals surface area contributed by atoms with Crippen LogP contribution >= 0.6 is 27.3 Å². The molecule has 1 fully saturated rings. The summed E-state index contributed by atoms with van der Waals surface area (Å²) in [6, 6.07) is 3.40. The number of sulfonamides is 1. The highest BCUT2D eigenvalue weighted by Gasteiger charge is 2.28. The molecule has 2 heterocycles. The summed E-state index contributed by atoms with van der Waals surface area (Å²) in [6.45, 7) is 3.49. The maximum absolute atomic E-state index is 12.4. The number of thiophene rings is 1. The highest BCUT2D eigenvalue weighted by molar-refractivity contribution is 9.11. The first-order chi connectivity index (χ1) is 8.00. The Hall–Kier alpha value is 0.0500. The first-order valence-electron chi connectivity index (χ1n) is 5.37. The Labute approximate surface area is 114 Å². The van der Waals surface area contributed by atoms with E-state index in [0.29, 0.717) is 23.9 Å². The predicted molar refractivity (Wildman–Crippen MR) is 70.8 cm³/mol. The number of hydrogen-bond donors (Lipinski definition) is 0. The van der Waals surface area contributed by atoms with Crippen LogP contribution in [0.5, 0.6) is 0 Å². The van der Waals surface area contributed by atoms with Crippen molar-refractivity contribution >= 4 is 37.3 Å². The molecule has 0 saturated carbocycles. The van der Waals surface area contributed by atoms with Crippen LogP contribution in [0.15, 0.2) is 20.1 Å². The molecule has 1 aromatic rings. The summed E-state index contributed by atoms with van der Waals surface area (Å²) in [5.41, 5.74) is 0. The molecule has 1 saturated heterocycles. The van der Waals surface area contributed by atoms with Gasteiger partial charge in [0.05, 0.1) is 9.89 Å². The fraction of sp³-hybridized carbons (Fsp3) is 0.600. The van der Waals surface area contributed by atoms with Crippen molar-refractivity contribution in [3.05, 3.63) is 15.9 Å². The monoisotopic (exact) mass is 339 g/mol. The average molecular weight is 340 g/mol. The minimum absolute atomic E-state index is 0.0457. The molecule has 1 atom stereocenters. The normalized spacial score (nSPS) is 23.5. The zero-order chi connectivity index (χ0) is 12.5. The van der Waals surface area contributed by atoms with Gasteiger partial charge in [0.1, 0.15) is 4.21 Å². The molecule has 0 aromatic carbocycles. The smallest absolute Gasteiger partial charge is 0.252 e. The quantitative estimate of drug-likeness (QED) is 0.830. The molecule has 0 bridgehead atoms. The summed E-state index contributed by atoms with van der Waals surface area (Å²) >= 11 is 4.53. The molecular weight excluding hydrogens is 326 g/mol. The van der Waals surface area contributed by atoms with E-state index in [1.165, 1.54) is 15.6 Å². The summed E-state index contributed by atoms with van der Waals surface area (Å²) in [4.78, 5) is 0. The van der Waals surface area contributed by atoms with Gasteiger partial charge < -0.3 is 4.74 Å². The lowest BCUT2D eigenvalue weighted by molar-refractivity contribution is 0.0752. The van der Waals surface area contributed by atoms with Crippen LogP contribution in [0, 0.1) is 0 Å². The van der Waals surface area contributed by atoms with E-state index in [-0.39, 0.29) is 6.10 Å². The molecule has 0 spiro atoms. The molecule has 1 aromatic heterocycles. The fourth-order valence-electron chi connectivity index (χ4n) is 1.74. The predicted octanol–water partition coefficient (Wildman–Crippen LogP) is 2.31.